The van der Waals surface area contributed by atoms with Gasteiger partial charge in [0.2, 0.25) is 0 Å². The summed E-state index contributed by atoms with van der Waals surface area (Å²) in [6, 6.07) is 5.65. The van der Waals surface area contributed by atoms with Crippen molar-refractivity contribution < 1.29 is 17.6 Å². The smallest absolute Gasteiger partial charge is 0.309 e. The molecule has 1 aliphatic heterocycles. The molecule has 0 fully saturated rings. The van der Waals surface area contributed by atoms with Crippen molar-refractivity contribution in [1.29, 1.82) is 0 Å². The predicted octanol–water partition coefficient (Wildman–Crippen LogP) is 2.28. The van der Waals surface area contributed by atoms with Crippen LogP contribution in [0.2, 0.25) is 0 Å². The summed E-state index contributed by atoms with van der Waals surface area (Å²) in [6.07, 6.45) is -3.63. The highest BCUT2D eigenvalue weighted by Crippen LogP contribution is 2.22. The van der Waals surface area contributed by atoms with E-state index in [1.54, 1.807) is 0 Å². The van der Waals surface area contributed by atoms with Gasteiger partial charge < -0.3 is 10.6 Å². The molecule has 18 heavy (non-hydrogen) atoms. The molecule has 0 bridgehead atoms. The van der Waals surface area contributed by atoms with Gasteiger partial charge in [0.1, 0.15) is 0 Å². The lowest BCUT2D eigenvalue weighted by Gasteiger charge is -2.16. The molecule has 0 unspecified atom stereocenters. The molecular weight excluding hydrogens is 248 g/mol. The molecule has 1 heterocycles. The van der Waals surface area contributed by atoms with Crippen LogP contribution >= 0.6 is 0 Å². The van der Waals surface area contributed by atoms with Crippen LogP contribution in [0.4, 0.5) is 17.6 Å². The molecule has 2 nitrogen and oxygen atoms in total. The lowest BCUT2D eigenvalue weighted by atomic mass is 10.1. The molecule has 0 atom stereocenters. The predicted molar refractivity (Wildman–Crippen MR) is 59.6 cm³/mol. The van der Waals surface area contributed by atoms with E-state index in [0.717, 1.165) is 24.2 Å². The molecule has 1 aliphatic rings. The Labute approximate surface area is 102 Å². The van der Waals surface area contributed by atoms with Crippen LogP contribution < -0.4 is 10.6 Å². The van der Waals surface area contributed by atoms with Crippen LogP contribution in [-0.4, -0.2) is 18.9 Å². The van der Waals surface area contributed by atoms with Gasteiger partial charge >= 0.3 is 12.3 Å². The second-order valence-corrected chi connectivity index (χ2v) is 4.37. The van der Waals surface area contributed by atoms with Gasteiger partial charge in [-0.25, -0.2) is 8.78 Å². The molecule has 1 aromatic rings. The number of hydrogen-bond donors (Lipinski definition) is 2. The van der Waals surface area contributed by atoms with E-state index >= 15 is 0 Å². The van der Waals surface area contributed by atoms with Gasteiger partial charge in [-0.2, -0.15) is 8.78 Å². The number of alkyl halides is 4. The maximum atomic E-state index is 12.6. The number of rotatable bonds is 5. The zero-order valence-electron chi connectivity index (χ0n) is 9.65. The van der Waals surface area contributed by atoms with Gasteiger partial charge in [0.25, 0.3) is 0 Å². The summed E-state index contributed by atoms with van der Waals surface area (Å²) in [5, 5.41) is 5.53. The summed E-state index contributed by atoms with van der Waals surface area (Å²) in [7, 11) is 0. The molecule has 0 aromatic heterocycles. The Morgan fingerprint density at radius 2 is 1.94 bits per heavy atom. The fourth-order valence-corrected chi connectivity index (χ4v) is 1.91. The van der Waals surface area contributed by atoms with E-state index in [2.05, 4.69) is 10.6 Å². The standard InChI is InChI=1S/C12H14F4N2/c13-11(14)12(15,16)7-18-4-8-1-2-9-5-17-6-10(9)3-8/h1-3,11,17-18H,4-7H2. The third kappa shape index (κ3) is 3.00. The number of hydrogen-bond acceptors (Lipinski definition) is 2. The largest absolute Gasteiger partial charge is 0.319 e. The Balaban J connectivity index is 1.87. The first-order chi connectivity index (χ1) is 8.49. The van der Waals surface area contributed by atoms with Crippen LogP contribution in [-0.2, 0) is 19.6 Å². The average Bonchev–Trinajstić information content (AvgIpc) is 2.75. The quantitative estimate of drug-likeness (QED) is 0.795. The maximum absolute atomic E-state index is 12.6. The summed E-state index contributed by atoms with van der Waals surface area (Å²) in [5.41, 5.74) is 3.15. The van der Waals surface area contributed by atoms with Crippen molar-refractivity contribution in [3.05, 3.63) is 34.9 Å². The van der Waals surface area contributed by atoms with E-state index in [1.807, 2.05) is 18.2 Å². The second-order valence-electron chi connectivity index (χ2n) is 4.37. The number of benzene rings is 1. The van der Waals surface area contributed by atoms with E-state index in [1.165, 1.54) is 5.56 Å². The monoisotopic (exact) mass is 262 g/mol. The van der Waals surface area contributed by atoms with Crippen LogP contribution in [0.5, 0.6) is 0 Å². The fraction of sp³-hybridized carbons (Fsp3) is 0.500. The molecule has 6 heteroatoms. The van der Waals surface area contributed by atoms with E-state index in [4.69, 9.17) is 0 Å². The Morgan fingerprint density at radius 1 is 1.22 bits per heavy atom. The van der Waals surface area contributed by atoms with Gasteiger partial charge in [-0.1, -0.05) is 18.2 Å². The average molecular weight is 262 g/mol. The number of halogens is 4. The molecule has 2 rings (SSSR count). The lowest BCUT2D eigenvalue weighted by molar-refractivity contribution is -0.125. The zero-order chi connectivity index (χ0) is 13.2. The molecule has 2 N–H and O–H groups in total. The van der Waals surface area contributed by atoms with Crippen molar-refractivity contribution in [2.24, 2.45) is 0 Å². The summed E-state index contributed by atoms with van der Waals surface area (Å²) in [4.78, 5) is 0. The van der Waals surface area contributed by atoms with Gasteiger partial charge in [0.05, 0.1) is 6.54 Å². The minimum absolute atomic E-state index is 0.162. The highest BCUT2D eigenvalue weighted by atomic mass is 19.3. The maximum Gasteiger partial charge on any atom is 0.319 e. The molecule has 0 amide bonds. The Bertz CT molecular complexity index is 421. The topological polar surface area (TPSA) is 24.1 Å². The van der Waals surface area contributed by atoms with Crippen LogP contribution in [0.15, 0.2) is 18.2 Å². The molecule has 100 valence electrons. The first-order valence-corrected chi connectivity index (χ1v) is 5.67. The first-order valence-electron chi connectivity index (χ1n) is 5.67. The van der Waals surface area contributed by atoms with Crippen LogP contribution in [0, 0.1) is 0 Å². The molecule has 0 saturated heterocycles. The van der Waals surface area contributed by atoms with Gasteiger partial charge in [0, 0.05) is 19.6 Å². The van der Waals surface area contributed by atoms with E-state index in [-0.39, 0.29) is 6.54 Å². The van der Waals surface area contributed by atoms with Gasteiger partial charge in [-0.3, -0.25) is 0 Å². The van der Waals surface area contributed by atoms with Gasteiger partial charge in [0.15, 0.2) is 0 Å². The van der Waals surface area contributed by atoms with Gasteiger partial charge in [-0.05, 0) is 16.7 Å². The molecule has 0 spiro atoms. The summed E-state index contributed by atoms with van der Waals surface area (Å²) in [6.45, 7) is 0.721. The Morgan fingerprint density at radius 3 is 2.67 bits per heavy atom. The molecule has 1 aromatic carbocycles. The van der Waals surface area contributed by atoms with Crippen LogP contribution in [0.1, 0.15) is 16.7 Å². The summed E-state index contributed by atoms with van der Waals surface area (Å²) >= 11 is 0. The normalized spacial score (nSPS) is 15.2. The second kappa shape index (κ2) is 5.24. The van der Waals surface area contributed by atoms with Gasteiger partial charge in [-0.15, -0.1) is 0 Å². The van der Waals surface area contributed by atoms with Crippen molar-refractivity contribution in [2.75, 3.05) is 6.54 Å². The molecule has 0 radical (unpaired) electrons. The number of nitrogens with one attached hydrogen (secondary N) is 2. The first kappa shape index (κ1) is 13.3. The SMILES string of the molecule is FC(F)C(F)(F)CNCc1ccc2c(c1)CNC2. The Kier molecular flexibility index (Phi) is 3.87. The van der Waals surface area contributed by atoms with Crippen LogP contribution in [0.3, 0.4) is 0 Å². The number of fused-ring (bicyclic) bond motifs is 1. The minimum atomic E-state index is -3.97. The minimum Gasteiger partial charge on any atom is -0.309 e. The van der Waals surface area contributed by atoms with Crippen molar-refractivity contribution >= 4 is 0 Å². The molecule has 0 saturated carbocycles. The zero-order valence-corrected chi connectivity index (χ0v) is 9.65. The van der Waals surface area contributed by atoms with Crippen molar-refractivity contribution in [3.63, 3.8) is 0 Å². The third-order valence-corrected chi connectivity index (χ3v) is 2.91. The third-order valence-electron chi connectivity index (χ3n) is 2.91. The highest BCUT2D eigenvalue weighted by Gasteiger charge is 2.39. The summed E-state index contributed by atoms with van der Waals surface area (Å²) < 4.78 is 49.1. The van der Waals surface area contributed by atoms with Crippen molar-refractivity contribution in [1.82, 2.24) is 10.6 Å². The lowest BCUT2D eigenvalue weighted by Crippen LogP contribution is -2.38. The molecule has 0 aliphatic carbocycles. The van der Waals surface area contributed by atoms with E-state index in [0.29, 0.717) is 0 Å². The highest BCUT2D eigenvalue weighted by molar-refractivity contribution is 5.34. The summed E-state index contributed by atoms with van der Waals surface area (Å²) in [5.74, 6) is -3.97. The fourth-order valence-electron chi connectivity index (χ4n) is 1.91. The van der Waals surface area contributed by atoms with E-state index < -0.39 is 18.9 Å². The van der Waals surface area contributed by atoms with Crippen LogP contribution in [0.25, 0.3) is 0 Å². The Hall–Kier alpha value is -1.14. The molecular formula is C12H14F4N2. The van der Waals surface area contributed by atoms with E-state index in [9.17, 15) is 17.6 Å². The van der Waals surface area contributed by atoms with Crippen molar-refractivity contribution in [2.45, 2.75) is 32.0 Å². The van der Waals surface area contributed by atoms with Crippen molar-refractivity contribution in [3.8, 4) is 0 Å².